The Morgan fingerprint density at radius 1 is 1.27 bits per heavy atom. The number of nitriles is 1. The van der Waals surface area contributed by atoms with Crippen LogP contribution in [0.5, 0.6) is 0 Å². The van der Waals surface area contributed by atoms with E-state index in [2.05, 4.69) is 10.6 Å². The molecule has 0 fully saturated rings. The van der Waals surface area contributed by atoms with Crippen LogP contribution in [0, 0.1) is 28.4 Å². The van der Waals surface area contributed by atoms with Crippen molar-refractivity contribution in [1.29, 1.82) is 5.26 Å². The molecular formula is C19H18N4O3. The van der Waals surface area contributed by atoms with E-state index in [1.165, 1.54) is 41.6 Å². The number of nitrogens with zero attached hydrogens (tertiary/aromatic N) is 2. The number of carbonyl (C=O) groups is 1. The molecule has 2 aromatic carbocycles. The SMILES string of the molecule is Cc1ccccc1CCN/C=C(/C#N)C(=O)Nc1cccc([N+](=O)[O-])c1. The monoisotopic (exact) mass is 350 g/mol. The maximum absolute atomic E-state index is 12.1. The second kappa shape index (κ2) is 8.99. The third-order valence-corrected chi connectivity index (χ3v) is 3.73. The van der Waals surface area contributed by atoms with E-state index < -0.39 is 10.8 Å². The normalized spacial score (nSPS) is 10.7. The lowest BCUT2D eigenvalue weighted by molar-refractivity contribution is -0.384. The third-order valence-electron chi connectivity index (χ3n) is 3.73. The highest BCUT2D eigenvalue weighted by molar-refractivity contribution is 6.06. The predicted molar refractivity (Wildman–Crippen MR) is 98.3 cm³/mol. The van der Waals surface area contributed by atoms with Crippen LogP contribution in [0.3, 0.4) is 0 Å². The van der Waals surface area contributed by atoms with Crippen molar-refractivity contribution >= 4 is 17.3 Å². The number of non-ortho nitro benzene ring substituents is 1. The molecule has 0 bridgehead atoms. The molecule has 0 atom stereocenters. The summed E-state index contributed by atoms with van der Waals surface area (Å²) in [5.41, 5.74) is 2.38. The average Bonchev–Trinajstić information content (AvgIpc) is 2.63. The number of rotatable bonds is 7. The van der Waals surface area contributed by atoms with Gasteiger partial charge in [0, 0.05) is 30.6 Å². The Balaban J connectivity index is 1.94. The van der Waals surface area contributed by atoms with Crippen LogP contribution >= 0.6 is 0 Å². The Morgan fingerprint density at radius 3 is 2.73 bits per heavy atom. The summed E-state index contributed by atoms with van der Waals surface area (Å²) in [5.74, 6) is -0.628. The van der Waals surface area contributed by atoms with Crippen LogP contribution in [0.25, 0.3) is 0 Å². The zero-order valence-electron chi connectivity index (χ0n) is 14.2. The first-order chi connectivity index (χ1) is 12.5. The lowest BCUT2D eigenvalue weighted by Crippen LogP contribution is -2.18. The van der Waals surface area contributed by atoms with Crippen molar-refractivity contribution in [2.45, 2.75) is 13.3 Å². The molecule has 0 unspecified atom stereocenters. The smallest absolute Gasteiger partial charge is 0.271 e. The zero-order chi connectivity index (χ0) is 18.9. The topological polar surface area (TPSA) is 108 Å². The van der Waals surface area contributed by atoms with Crippen molar-refractivity contribution in [2.24, 2.45) is 0 Å². The number of benzene rings is 2. The summed E-state index contributed by atoms with van der Waals surface area (Å²) in [4.78, 5) is 22.3. The number of anilines is 1. The van der Waals surface area contributed by atoms with Gasteiger partial charge < -0.3 is 10.6 Å². The van der Waals surface area contributed by atoms with Gasteiger partial charge >= 0.3 is 0 Å². The minimum Gasteiger partial charge on any atom is -0.389 e. The van der Waals surface area contributed by atoms with Crippen LogP contribution in [0.15, 0.2) is 60.3 Å². The molecule has 1 amide bonds. The van der Waals surface area contributed by atoms with E-state index in [4.69, 9.17) is 5.26 Å². The largest absolute Gasteiger partial charge is 0.389 e. The Labute approximate surface area is 151 Å². The molecule has 0 saturated heterocycles. The Bertz CT molecular complexity index is 884. The number of hydrogen-bond donors (Lipinski definition) is 2. The first-order valence-electron chi connectivity index (χ1n) is 7.95. The number of carbonyl (C=O) groups excluding carboxylic acids is 1. The Kier molecular flexibility index (Phi) is 6.46. The van der Waals surface area contributed by atoms with Gasteiger partial charge in [-0.15, -0.1) is 0 Å². The molecule has 0 aromatic heterocycles. The molecule has 2 aromatic rings. The van der Waals surface area contributed by atoms with Crippen molar-refractivity contribution in [3.63, 3.8) is 0 Å². The number of aryl methyl sites for hydroxylation is 1. The van der Waals surface area contributed by atoms with Crippen molar-refractivity contribution in [3.05, 3.63) is 81.5 Å². The molecule has 0 saturated carbocycles. The predicted octanol–water partition coefficient (Wildman–Crippen LogP) is 3.08. The van der Waals surface area contributed by atoms with Gasteiger partial charge in [0.15, 0.2) is 0 Å². The van der Waals surface area contributed by atoms with Crippen molar-refractivity contribution in [3.8, 4) is 6.07 Å². The van der Waals surface area contributed by atoms with E-state index in [9.17, 15) is 14.9 Å². The van der Waals surface area contributed by atoms with E-state index in [-0.39, 0.29) is 16.9 Å². The van der Waals surface area contributed by atoms with E-state index >= 15 is 0 Å². The second-order valence-corrected chi connectivity index (χ2v) is 5.56. The van der Waals surface area contributed by atoms with Gasteiger partial charge in [0.2, 0.25) is 0 Å². The summed E-state index contributed by atoms with van der Waals surface area (Å²) in [6.07, 6.45) is 2.11. The fourth-order valence-corrected chi connectivity index (χ4v) is 2.32. The van der Waals surface area contributed by atoms with Crippen molar-refractivity contribution in [2.75, 3.05) is 11.9 Å². The first-order valence-corrected chi connectivity index (χ1v) is 7.95. The van der Waals surface area contributed by atoms with Crippen molar-refractivity contribution < 1.29 is 9.72 Å². The van der Waals surface area contributed by atoms with Gasteiger partial charge in [-0.1, -0.05) is 30.3 Å². The quantitative estimate of drug-likeness (QED) is 0.262. The lowest BCUT2D eigenvalue weighted by atomic mass is 10.1. The second-order valence-electron chi connectivity index (χ2n) is 5.56. The lowest BCUT2D eigenvalue weighted by Gasteiger charge is -2.07. The minimum atomic E-state index is -0.628. The molecule has 0 spiro atoms. The Hall–Kier alpha value is -3.66. The summed E-state index contributed by atoms with van der Waals surface area (Å²) < 4.78 is 0. The summed E-state index contributed by atoms with van der Waals surface area (Å²) >= 11 is 0. The summed E-state index contributed by atoms with van der Waals surface area (Å²) in [6, 6.07) is 15.4. The molecule has 26 heavy (non-hydrogen) atoms. The molecule has 0 radical (unpaired) electrons. The van der Waals surface area contributed by atoms with Gasteiger partial charge in [-0.2, -0.15) is 5.26 Å². The van der Waals surface area contributed by atoms with Crippen LogP contribution in [-0.2, 0) is 11.2 Å². The molecule has 0 aliphatic heterocycles. The first kappa shape index (κ1) is 18.7. The molecule has 0 aliphatic carbocycles. The van der Waals surface area contributed by atoms with E-state index in [1.807, 2.05) is 37.3 Å². The maximum atomic E-state index is 12.1. The van der Waals surface area contributed by atoms with Gasteiger partial charge in [-0.05, 0) is 30.5 Å². The number of amides is 1. The highest BCUT2D eigenvalue weighted by atomic mass is 16.6. The fourth-order valence-electron chi connectivity index (χ4n) is 2.32. The van der Waals surface area contributed by atoms with Gasteiger partial charge in [0.25, 0.3) is 11.6 Å². The molecule has 7 heteroatoms. The van der Waals surface area contributed by atoms with Crippen LogP contribution in [0.1, 0.15) is 11.1 Å². The van der Waals surface area contributed by atoms with Crippen LogP contribution in [0.4, 0.5) is 11.4 Å². The van der Waals surface area contributed by atoms with Crippen molar-refractivity contribution in [1.82, 2.24) is 5.32 Å². The highest BCUT2D eigenvalue weighted by Crippen LogP contribution is 2.17. The number of nitro groups is 1. The van der Waals surface area contributed by atoms with E-state index in [0.717, 1.165) is 6.42 Å². The molecule has 132 valence electrons. The van der Waals surface area contributed by atoms with Gasteiger partial charge in [-0.3, -0.25) is 14.9 Å². The number of hydrogen-bond acceptors (Lipinski definition) is 5. The standard InChI is InChI=1S/C19H18N4O3/c1-14-5-2-3-6-15(14)9-10-21-13-16(12-20)19(24)22-17-7-4-8-18(11-17)23(25)26/h2-8,11,13,21H,9-10H2,1H3,(H,22,24)/b16-13-. The van der Waals surface area contributed by atoms with Gasteiger partial charge in [-0.25, -0.2) is 0 Å². The van der Waals surface area contributed by atoms with Gasteiger partial charge in [0.1, 0.15) is 11.6 Å². The highest BCUT2D eigenvalue weighted by Gasteiger charge is 2.11. The van der Waals surface area contributed by atoms with Crippen LogP contribution in [-0.4, -0.2) is 17.4 Å². The molecule has 0 heterocycles. The van der Waals surface area contributed by atoms with Gasteiger partial charge in [0.05, 0.1) is 4.92 Å². The summed E-state index contributed by atoms with van der Waals surface area (Å²) in [5, 5.41) is 25.4. The van der Waals surface area contributed by atoms with Crippen LogP contribution < -0.4 is 10.6 Å². The molecule has 2 rings (SSSR count). The summed E-state index contributed by atoms with van der Waals surface area (Å²) in [6.45, 7) is 2.60. The molecule has 0 aliphatic rings. The van der Waals surface area contributed by atoms with E-state index in [0.29, 0.717) is 6.54 Å². The number of nitro benzene ring substituents is 1. The average molecular weight is 350 g/mol. The maximum Gasteiger partial charge on any atom is 0.271 e. The van der Waals surface area contributed by atoms with Crippen LogP contribution in [0.2, 0.25) is 0 Å². The molecule has 2 N–H and O–H groups in total. The molecular weight excluding hydrogens is 332 g/mol. The third kappa shape index (κ3) is 5.18. The zero-order valence-corrected chi connectivity index (χ0v) is 14.2. The molecule has 7 nitrogen and oxygen atoms in total. The van der Waals surface area contributed by atoms with E-state index in [1.54, 1.807) is 0 Å². The summed E-state index contributed by atoms with van der Waals surface area (Å²) in [7, 11) is 0. The number of nitrogens with one attached hydrogen (secondary N) is 2. The Morgan fingerprint density at radius 2 is 2.04 bits per heavy atom. The minimum absolute atomic E-state index is 0.110. The fraction of sp³-hybridized carbons (Fsp3) is 0.158.